The predicted octanol–water partition coefficient (Wildman–Crippen LogP) is 2.75. The van der Waals surface area contributed by atoms with Gasteiger partial charge in [0.05, 0.1) is 11.2 Å². The molecule has 1 aromatic carbocycles. The predicted molar refractivity (Wildman–Crippen MR) is 83.3 cm³/mol. The highest BCUT2D eigenvalue weighted by molar-refractivity contribution is 7.07. The molecule has 1 N–H and O–H groups in total. The topological polar surface area (TPSA) is 54.5 Å². The summed E-state index contributed by atoms with van der Waals surface area (Å²) < 4.78 is 29.5. The SMILES string of the molecule is O=C(NC1CCN(c2ccccc2OC(F)F)C1)c1cscn1. The highest BCUT2D eigenvalue weighted by atomic mass is 32.1. The summed E-state index contributed by atoms with van der Waals surface area (Å²) in [7, 11) is 0. The fourth-order valence-corrected chi connectivity index (χ4v) is 3.13. The van der Waals surface area contributed by atoms with E-state index in [2.05, 4.69) is 15.0 Å². The standard InChI is InChI=1S/C15H15F2N3O2S/c16-15(17)22-13-4-2-1-3-12(13)20-6-5-10(7-20)19-14(21)11-8-23-9-18-11/h1-4,8-10,15H,5-7H2,(H,19,21). The Hall–Kier alpha value is -2.22. The molecule has 0 saturated carbocycles. The smallest absolute Gasteiger partial charge is 0.387 e. The second kappa shape index (κ2) is 6.91. The molecule has 3 rings (SSSR count). The maximum absolute atomic E-state index is 12.5. The minimum Gasteiger partial charge on any atom is -0.433 e. The molecule has 1 fully saturated rings. The van der Waals surface area contributed by atoms with Crippen LogP contribution in [0, 0.1) is 0 Å². The first-order valence-corrected chi connectivity index (χ1v) is 8.05. The summed E-state index contributed by atoms with van der Waals surface area (Å²) in [5, 5.41) is 4.60. The third-order valence-electron chi connectivity index (χ3n) is 3.61. The first-order chi connectivity index (χ1) is 11.1. The monoisotopic (exact) mass is 339 g/mol. The number of thiazole rings is 1. The molecule has 0 aliphatic carbocycles. The Bertz CT molecular complexity index is 667. The van der Waals surface area contributed by atoms with Crippen molar-refractivity contribution >= 4 is 22.9 Å². The number of hydrogen-bond donors (Lipinski definition) is 1. The van der Waals surface area contributed by atoms with Crippen molar-refractivity contribution in [1.29, 1.82) is 0 Å². The number of benzene rings is 1. The molecule has 1 aliphatic rings. The minimum atomic E-state index is -2.86. The molecule has 1 saturated heterocycles. The maximum atomic E-state index is 12.5. The third-order valence-corrected chi connectivity index (χ3v) is 4.20. The van der Waals surface area contributed by atoms with Crippen LogP contribution in [-0.4, -0.2) is 36.6 Å². The quantitative estimate of drug-likeness (QED) is 0.910. The lowest BCUT2D eigenvalue weighted by molar-refractivity contribution is -0.0495. The number of hydrogen-bond acceptors (Lipinski definition) is 5. The van der Waals surface area contributed by atoms with Crippen LogP contribution in [0.2, 0.25) is 0 Å². The molecular formula is C15H15F2N3O2S. The summed E-state index contributed by atoms with van der Waals surface area (Å²) in [6.07, 6.45) is 0.735. The zero-order valence-corrected chi connectivity index (χ0v) is 12.9. The van der Waals surface area contributed by atoms with E-state index in [0.29, 0.717) is 24.5 Å². The summed E-state index contributed by atoms with van der Waals surface area (Å²) in [5.74, 6) is -0.0656. The molecule has 8 heteroatoms. The Morgan fingerprint density at radius 1 is 1.43 bits per heavy atom. The number of aromatic nitrogens is 1. The minimum absolute atomic E-state index is 0.0520. The molecule has 23 heavy (non-hydrogen) atoms. The van der Waals surface area contributed by atoms with Gasteiger partial charge >= 0.3 is 6.61 Å². The Balaban J connectivity index is 1.65. The third kappa shape index (κ3) is 3.76. The summed E-state index contributed by atoms with van der Waals surface area (Å²) >= 11 is 1.36. The van der Waals surface area contributed by atoms with Crippen molar-refractivity contribution < 1.29 is 18.3 Å². The molecule has 0 spiro atoms. The number of ether oxygens (including phenoxy) is 1. The molecule has 2 aromatic rings. The number of nitrogens with one attached hydrogen (secondary N) is 1. The van der Waals surface area contributed by atoms with Gasteiger partial charge in [0.2, 0.25) is 0 Å². The number of alkyl halides is 2. The van der Waals surface area contributed by atoms with Crippen LogP contribution in [0.4, 0.5) is 14.5 Å². The largest absolute Gasteiger partial charge is 0.433 e. The van der Waals surface area contributed by atoms with Gasteiger partial charge < -0.3 is 15.0 Å². The summed E-state index contributed by atoms with van der Waals surface area (Å²) in [5.41, 5.74) is 2.61. The van der Waals surface area contributed by atoms with Gasteiger partial charge in [-0.2, -0.15) is 8.78 Å². The van der Waals surface area contributed by atoms with E-state index in [1.165, 1.54) is 17.4 Å². The number of amides is 1. The van der Waals surface area contributed by atoms with E-state index in [4.69, 9.17) is 0 Å². The normalized spacial score (nSPS) is 17.5. The number of nitrogens with zero attached hydrogens (tertiary/aromatic N) is 2. The van der Waals surface area contributed by atoms with E-state index in [9.17, 15) is 13.6 Å². The molecule has 1 unspecified atom stereocenters. The van der Waals surface area contributed by atoms with Crippen LogP contribution in [0.25, 0.3) is 0 Å². The highest BCUT2D eigenvalue weighted by Gasteiger charge is 2.27. The average molecular weight is 339 g/mol. The van der Waals surface area contributed by atoms with Crippen molar-refractivity contribution in [1.82, 2.24) is 10.3 Å². The number of anilines is 1. The van der Waals surface area contributed by atoms with Crippen molar-refractivity contribution in [2.75, 3.05) is 18.0 Å². The fourth-order valence-electron chi connectivity index (χ4n) is 2.59. The zero-order valence-electron chi connectivity index (χ0n) is 12.1. The van der Waals surface area contributed by atoms with Gasteiger partial charge in [0.25, 0.3) is 5.91 Å². The summed E-state index contributed by atoms with van der Waals surface area (Å²) in [6, 6.07) is 6.63. The van der Waals surface area contributed by atoms with Gasteiger partial charge in [-0.1, -0.05) is 12.1 Å². The van der Waals surface area contributed by atoms with Crippen molar-refractivity contribution in [3.05, 3.63) is 40.8 Å². The molecule has 0 radical (unpaired) electrons. The first-order valence-electron chi connectivity index (χ1n) is 7.11. The fraction of sp³-hybridized carbons (Fsp3) is 0.333. The number of para-hydroxylation sites is 2. The molecule has 2 heterocycles. The van der Waals surface area contributed by atoms with Crippen LogP contribution in [0.3, 0.4) is 0 Å². The number of carbonyl (C=O) groups is 1. The molecule has 1 amide bonds. The Kier molecular flexibility index (Phi) is 4.71. The molecule has 122 valence electrons. The second-order valence-corrected chi connectivity index (χ2v) is 5.84. The lowest BCUT2D eigenvalue weighted by atomic mass is 10.2. The molecule has 1 aromatic heterocycles. The molecule has 0 bridgehead atoms. The second-order valence-electron chi connectivity index (χ2n) is 5.12. The van der Waals surface area contributed by atoms with Crippen LogP contribution in [-0.2, 0) is 0 Å². The van der Waals surface area contributed by atoms with E-state index in [1.807, 2.05) is 4.90 Å². The van der Waals surface area contributed by atoms with E-state index < -0.39 is 6.61 Å². The number of halogens is 2. The first kappa shape index (κ1) is 15.7. The summed E-state index contributed by atoms with van der Waals surface area (Å²) in [6.45, 7) is -1.66. The van der Waals surface area contributed by atoms with Gasteiger partial charge in [-0.25, -0.2) is 4.98 Å². The van der Waals surface area contributed by atoms with Gasteiger partial charge in [-0.05, 0) is 18.6 Å². The number of carbonyl (C=O) groups excluding carboxylic acids is 1. The molecule has 1 aliphatic heterocycles. The zero-order chi connectivity index (χ0) is 16.2. The van der Waals surface area contributed by atoms with E-state index in [1.54, 1.807) is 29.1 Å². The molecule has 1 atom stereocenters. The van der Waals surface area contributed by atoms with Crippen LogP contribution < -0.4 is 15.0 Å². The van der Waals surface area contributed by atoms with E-state index in [-0.39, 0.29) is 17.7 Å². The maximum Gasteiger partial charge on any atom is 0.387 e. The summed E-state index contributed by atoms with van der Waals surface area (Å²) in [4.78, 5) is 17.9. The van der Waals surface area contributed by atoms with Crippen molar-refractivity contribution in [3.63, 3.8) is 0 Å². The van der Waals surface area contributed by atoms with Crippen molar-refractivity contribution in [2.45, 2.75) is 19.1 Å². The highest BCUT2D eigenvalue weighted by Crippen LogP contribution is 2.31. The van der Waals surface area contributed by atoms with Crippen LogP contribution in [0.5, 0.6) is 5.75 Å². The van der Waals surface area contributed by atoms with E-state index >= 15 is 0 Å². The van der Waals surface area contributed by atoms with Gasteiger partial charge in [0, 0.05) is 24.5 Å². The van der Waals surface area contributed by atoms with Crippen molar-refractivity contribution in [3.8, 4) is 5.75 Å². The Morgan fingerprint density at radius 2 is 2.26 bits per heavy atom. The Labute approximate surface area is 135 Å². The lowest BCUT2D eigenvalue weighted by Crippen LogP contribution is -2.37. The number of rotatable bonds is 5. The van der Waals surface area contributed by atoms with Crippen LogP contribution >= 0.6 is 11.3 Å². The molecule has 5 nitrogen and oxygen atoms in total. The van der Waals surface area contributed by atoms with Gasteiger partial charge in [-0.3, -0.25) is 4.79 Å². The Morgan fingerprint density at radius 3 is 3.00 bits per heavy atom. The van der Waals surface area contributed by atoms with Gasteiger partial charge in [-0.15, -0.1) is 11.3 Å². The van der Waals surface area contributed by atoms with Crippen molar-refractivity contribution in [2.24, 2.45) is 0 Å². The van der Waals surface area contributed by atoms with Gasteiger partial charge in [0.15, 0.2) is 0 Å². The molecular weight excluding hydrogens is 324 g/mol. The van der Waals surface area contributed by atoms with Crippen LogP contribution in [0.1, 0.15) is 16.9 Å². The van der Waals surface area contributed by atoms with Crippen LogP contribution in [0.15, 0.2) is 35.2 Å². The lowest BCUT2D eigenvalue weighted by Gasteiger charge is -2.21. The average Bonchev–Trinajstić information content (AvgIpc) is 3.18. The van der Waals surface area contributed by atoms with E-state index in [0.717, 1.165) is 6.42 Å². The van der Waals surface area contributed by atoms with Gasteiger partial charge in [0.1, 0.15) is 11.4 Å².